The Morgan fingerprint density at radius 3 is 2.44 bits per heavy atom. The second-order valence-electron chi connectivity index (χ2n) is 2.66. The summed E-state index contributed by atoms with van der Waals surface area (Å²) < 4.78 is 44.3. The summed E-state index contributed by atoms with van der Waals surface area (Å²) in [6, 6.07) is 3.46. The van der Waals surface area contributed by atoms with Gasteiger partial charge in [-0.05, 0) is 23.7 Å². The molecule has 0 heterocycles. The van der Waals surface area contributed by atoms with Crippen molar-refractivity contribution >= 4 is 16.8 Å². The van der Waals surface area contributed by atoms with Crippen molar-refractivity contribution in [3.05, 3.63) is 23.8 Å². The fourth-order valence-corrected chi connectivity index (χ4v) is 1.24. The summed E-state index contributed by atoms with van der Waals surface area (Å²) in [4.78, 5) is 10.9. The molecule has 0 aliphatic carbocycles. The van der Waals surface area contributed by atoms with Gasteiger partial charge in [0, 0.05) is 0 Å². The predicted molar refractivity (Wildman–Crippen MR) is 49.9 cm³/mol. The first-order chi connectivity index (χ1) is 7.35. The Hall–Kier alpha value is -1.43. The average molecular weight is 255 g/mol. The van der Waals surface area contributed by atoms with E-state index in [0.717, 1.165) is 13.2 Å². The van der Waals surface area contributed by atoms with E-state index in [1.807, 2.05) is 0 Å². The Morgan fingerprint density at radius 1 is 1.38 bits per heavy atom. The molecule has 7 heteroatoms. The normalized spacial score (nSPS) is 11.1. The van der Waals surface area contributed by atoms with E-state index < -0.39 is 17.4 Å². The van der Waals surface area contributed by atoms with E-state index in [-0.39, 0.29) is 11.3 Å². The third-order valence-electron chi connectivity index (χ3n) is 1.62. The summed E-state index contributed by atoms with van der Waals surface area (Å²) in [5.41, 5.74) is -0.189. The molecule has 1 aromatic rings. The summed E-state index contributed by atoms with van der Waals surface area (Å²) in [5.74, 6) is -0.957. The number of methoxy groups -OCH3 is 1. The highest BCUT2D eigenvalue weighted by atomic mass is 35.5. The van der Waals surface area contributed by atoms with Gasteiger partial charge in [-0.15, -0.1) is 13.2 Å². The highest BCUT2D eigenvalue weighted by Gasteiger charge is 2.33. The summed E-state index contributed by atoms with van der Waals surface area (Å²) in [6.07, 6.45) is -4.86. The van der Waals surface area contributed by atoms with Crippen molar-refractivity contribution in [1.82, 2.24) is 0 Å². The molecule has 0 spiro atoms. The zero-order valence-corrected chi connectivity index (χ0v) is 8.72. The van der Waals surface area contributed by atoms with Crippen molar-refractivity contribution in [1.29, 1.82) is 0 Å². The van der Waals surface area contributed by atoms with Crippen LogP contribution in [0.4, 0.5) is 13.2 Å². The number of hydrogen-bond donors (Lipinski definition) is 0. The molecule has 0 radical (unpaired) electrons. The number of hydrogen-bond acceptors (Lipinski definition) is 3. The fourth-order valence-electron chi connectivity index (χ4n) is 1.09. The smallest absolute Gasteiger partial charge is 0.492 e. The van der Waals surface area contributed by atoms with Crippen LogP contribution in [0.5, 0.6) is 11.5 Å². The molecule has 0 atom stereocenters. The zero-order valence-electron chi connectivity index (χ0n) is 7.97. The van der Waals surface area contributed by atoms with Crippen LogP contribution in [0.3, 0.4) is 0 Å². The van der Waals surface area contributed by atoms with Crippen molar-refractivity contribution in [3.8, 4) is 11.5 Å². The van der Waals surface area contributed by atoms with Crippen LogP contribution < -0.4 is 9.47 Å². The van der Waals surface area contributed by atoms with E-state index in [9.17, 15) is 18.0 Å². The van der Waals surface area contributed by atoms with Crippen LogP contribution in [-0.2, 0) is 0 Å². The number of ether oxygens (including phenoxy) is 2. The van der Waals surface area contributed by atoms with E-state index in [1.54, 1.807) is 0 Å². The van der Waals surface area contributed by atoms with Gasteiger partial charge in [0.1, 0.15) is 0 Å². The molecule has 0 N–H and O–H groups in total. The third kappa shape index (κ3) is 3.03. The van der Waals surface area contributed by atoms with E-state index >= 15 is 0 Å². The van der Waals surface area contributed by atoms with E-state index in [2.05, 4.69) is 9.47 Å². The third-order valence-corrected chi connectivity index (χ3v) is 1.82. The molecular weight excluding hydrogens is 249 g/mol. The van der Waals surface area contributed by atoms with Crippen LogP contribution >= 0.6 is 11.6 Å². The molecule has 1 rings (SSSR count). The molecule has 0 fully saturated rings. The summed E-state index contributed by atoms with van der Waals surface area (Å²) in [7, 11) is 1.11. The lowest BCUT2D eigenvalue weighted by molar-refractivity contribution is -0.275. The van der Waals surface area contributed by atoms with E-state index in [4.69, 9.17) is 11.6 Å². The van der Waals surface area contributed by atoms with Gasteiger partial charge < -0.3 is 9.47 Å². The maximum atomic E-state index is 12.0. The Kier molecular flexibility index (Phi) is 3.64. The molecule has 0 unspecified atom stereocenters. The lowest BCUT2D eigenvalue weighted by Gasteiger charge is -2.13. The first-order valence-corrected chi connectivity index (χ1v) is 4.35. The van der Waals surface area contributed by atoms with Crippen molar-refractivity contribution in [2.75, 3.05) is 7.11 Å². The zero-order chi connectivity index (χ0) is 12.3. The monoisotopic (exact) mass is 254 g/mol. The number of carbonyl (C=O) groups is 1. The van der Waals surface area contributed by atoms with Gasteiger partial charge in [0.25, 0.3) is 5.24 Å². The SMILES string of the molecule is COc1c(OC(F)(F)F)cccc1C(=O)Cl. The van der Waals surface area contributed by atoms with Gasteiger partial charge in [-0.1, -0.05) is 6.07 Å². The minimum atomic E-state index is -4.86. The number of alkyl halides is 3. The highest BCUT2D eigenvalue weighted by Crippen LogP contribution is 2.35. The number of para-hydroxylation sites is 1. The van der Waals surface area contributed by atoms with Gasteiger partial charge in [-0.2, -0.15) is 0 Å². The molecule has 0 aromatic heterocycles. The predicted octanol–water partition coefficient (Wildman–Crippen LogP) is 2.97. The molecule has 3 nitrogen and oxygen atoms in total. The van der Waals surface area contributed by atoms with Crippen molar-refractivity contribution in [2.24, 2.45) is 0 Å². The van der Waals surface area contributed by atoms with Crippen LogP contribution in [-0.4, -0.2) is 18.7 Å². The lowest BCUT2D eigenvalue weighted by atomic mass is 10.2. The molecule has 0 aliphatic rings. The highest BCUT2D eigenvalue weighted by molar-refractivity contribution is 6.68. The second kappa shape index (κ2) is 4.61. The first-order valence-electron chi connectivity index (χ1n) is 3.97. The van der Waals surface area contributed by atoms with Crippen molar-refractivity contribution in [2.45, 2.75) is 6.36 Å². The minimum absolute atomic E-state index is 0.189. The second-order valence-corrected chi connectivity index (χ2v) is 3.00. The maximum Gasteiger partial charge on any atom is 0.573 e. The quantitative estimate of drug-likeness (QED) is 0.778. The molecular formula is C9H6ClF3O3. The summed E-state index contributed by atoms with van der Waals surface area (Å²) in [5, 5.41) is -0.926. The van der Waals surface area contributed by atoms with Gasteiger partial charge in [0.05, 0.1) is 12.7 Å². The molecule has 0 saturated heterocycles. The van der Waals surface area contributed by atoms with Gasteiger partial charge in [-0.3, -0.25) is 4.79 Å². The van der Waals surface area contributed by atoms with Crippen LogP contribution in [0.25, 0.3) is 0 Å². The molecule has 0 bridgehead atoms. The number of benzene rings is 1. The number of carbonyl (C=O) groups excluding carboxylic acids is 1. The summed E-state index contributed by atoms with van der Waals surface area (Å²) in [6.45, 7) is 0. The number of rotatable bonds is 3. The van der Waals surface area contributed by atoms with Gasteiger partial charge in [-0.25, -0.2) is 0 Å². The van der Waals surface area contributed by atoms with Crippen LogP contribution in [0.1, 0.15) is 10.4 Å². The minimum Gasteiger partial charge on any atom is -0.492 e. The Morgan fingerprint density at radius 2 is 2.00 bits per heavy atom. The number of halogens is 4. The largest absolute Gasteiger partial charge is 0.573 e. The van der Waals surface area contributed by atoms with Crippen LogP contribution in [0.15, 0.2) is 18.2 Å². The Labute approximate surface area is 93.7 Å². The van der Waals surface area contributed by atoms with E-state index in [1.165, 1.54) is 12.1 Å². The average Bonchev–Trinajstić information content (AvgIpc) is 2.14. The van der Waals surface area contributed by atoms with Crippen LogP contribution in [0.2, 0.25) is 0 Å². The van der Waals surface area contributed by atoms with Crippen molar-refractivity contribution < 1.29 is 27.4 Å². The molecule has 88 valence electrons. The molecule has 0 saturated carbocycles. The molecule has 1 aromatic carbocycles. The van der Waals surface area contributed by atoms with Gasteiger partial charge in [0.15, 0.2) is 11.5 Å². The lowest BCUT2D eigenvalue weighted by Crippen LogP contribution is -2.18. The Bertz CT molecular complexity index is 403. The summed E-state index contributed by atoms with van der Waals surface area (Å²) >= 11 is 5.17. The standard InChI is InChI=1S/C9H6ClF3O3/c1-15-7-5(8(10)14)3-2-4-6(7)16-9(11,12)13/h2-4H,1H3. The fraction of sp³-hybridized carbons (Fsp3) is 0.222. The van der Waals surface area contributed by atoms with Crippen molar-refractivity contribution in [3.63, 3.8) is 0 Å². The first kappa shape index (κ1) is 12.6. The van der Waals surface area contributed by atoms with Gasteiger partial charge >= 0.3 is 6.36 Å². The molecule has 16 heavy (non-hydrogen) atoms. The molecule has 0 aliphatic heterocycles. The molecule has 0 amide bonds. The maximum absolute atomic E-state index is 12.0. The topological polar surface area (TPSA) is 35.5 Å². The Balaban J connectivity index is 3.19. The van der Waals surface area contributed by atoms with Gasteiger partial charge in [0.2, 0.25) is 0 Å². The van der Waals surface area contributed by atoms with E-state index in [0.29, 0.717) is 0 Å². The van der Waals surface area contributed by atoms with Crippen LogP contribution in [0, 0.1) is 0 Å².